The van der Waals surface area contributed by atoms with Gasteiger partial charge in [0, 0.05) is 24.2 Å². The van der Waals surface area contributed by atoms with Crippen LogP contribution in [0.25, 0.3) is 10.9 Å². The molecular weight excluding hydrogens is 188 g/mol. The molecule has 2 aromatic rings. The molecular formula is C12H16N2O. The first kappa shape index (κ1) is 10.1. The van der Waals surface area contributed by atoms with E-state index in [0.717, 1.165) is 24.0 Å². The Kier molecular flexibility index (Phi) is 2.64. The second-order valence-electron chi connectivity index (χ2n) is 3.62. The van der Waals surface area contributed by atoms with Gasteiger partial charge in [-0.05, 0) is 32.2 Å². The van der Waals surface area contributed by atoms with Gasteiger partial charge in [-0.1, -0.05) is 6.07 Å². The molecule has 15 heavy (non-hydrogen) atoms. The molecule has 0 spiro atoms. The minimum Gasteiger partial charge on any atom is -0.507 e. The zero-order valence-electron chi connectivity index (χ0n) is 9.12. The minimum absolute atomic E-state index is 0.358. The van der Waals surface area contributed by atoms with Crippen molar-refractivity contribution in [2.45, 2.75) is 20.0 Å². The number of hydrogen-bond donors (Lipinski definition) is 2. The highest BCUT2D eigenvalue weighted by Gasteiger charge is 2.08. The van der Waals surface area contributed by atoms with E-state index in [9.17, 15) is 5.11 Å². The van der Waals surface area contributed by atoms with Gasteiger partial charge in [-0.15, -0.1) is 0 Å². The molecule has 0 saturated carbocycles. The van der Waals surface area contributed by atoms with Crippen LogP contribution in [0.1, 0.15) is 12.6 Å². The molecule has 0 aliphatic rings. The van der Waals surface area contributed by atoms with Crippen molar-refractivity contribution in [2.75, 3.05) is 7.05 Å². The summed E-state index contributed by atoms with van der Waals surface area (Å²) < 4.78 is 2.21. The summed E-state index contributed by atoms with van der Waals surface area (Å²) in [6.45, 7) is 3.86. The summed E-state index contributed by atoms with van der Waals surface area (Å²) in [6, 6.07) is 7.70. The molecule has 0 amide bonds. The number of nitrogens with one attached hydrogen (secondary N) is 1. The van der Waals surface area contributed by atoms with E-state index in [0.29, 0.717) is 5.75 Å². The average Bonchev–Trinajstić information content (AvgIpc) is 2.58. The van der Waals surface area contributed by atoms with Crippen molar-refractivity contribution in [3.05, 3.63) is 30.0 Å². The van der Waals surface area contributed by atoms with E-state index >= 15 is 0 Å². The number of fused-ring (bicyclic) bond motifs is 1. The highest BCUT2D eigenvalue weighted by Crippen LogP contribution is 2.27. The maximum atomic E-state index is 9.74. The highest BCUT2D eigenvalue weighted by atomic mass is 16.3. The summed E-state index contributed by atoms with van der Waals surface area (Å²) in [5.74, 6) is 0.358. The van der Waals surface area contributed by atoms with Gasteiger partial charge in [0.2, 0.25) is 0 Å². The second-order valence-corrected chi connectivity index (χ2v) is 3.62. The van der Waals surface area contributed by atoms with Gasteiger partial charge >= 0.3 is 0 Å². The lowest BCUT2D eigenvalue weighted by Crippen LogP contribution is -2.10. The first-order chi connectivity index (χ1) is 7.27. The third-order valence-corrected chi connectivity index (χ3v) is 2.68. The van der Waals surface area contributed by atoms with Gasteiger partial charge in [0.25, 0.3) is 0 Å². The third-order valence-electron chi connectivity index (χ3n) is 2.68. The summed E-state index contributed by atoms with van der Waals surface area (Å²) >= 11 is 0. The predicted octanol–water partition coefficient (Wildman–Crippen LogP) is 2.09. The van der Waals surface area contributed by atoms with Crippen LogP contribution < -0.4 is 5.32 Å². The van der Waals surface area contributed by atoms with Gasteiger partial charge in [-0.2, -0.15) is 0 Å². The molecule has 0 radical (unpaired) electrons. The van der Waals surface area contributed by atoms with Crippen LogP contribution in [0.2, 0.25) is 0 Å². The third kappa shape index (κ3) is 1.59. The Morgan fingerprint density at radius 1 is 1.40 bits per heavy atom. The van der Waals surface area contributed by atoms with Crippen molar-refractivity contribution in [1.82, 2.24) is 9.88 Å². The maximum absolute atomic E-state index is 9.74. The molecule has 0 aliphatic heterocycles. The van der Waals surface area contributed by atoms with Crippen molar-refractivity contribution < 1.29 is 5.11 Å². The SMILES string of the molecule is CCn1c(CNC)cc2c(O)cccc21. The van der Waals surface area contributed by atoms with E-state index in [1.807, 2.05) is 25.2 Å². The molecule has 3 heteroatoms. The molecule has 0 saturated heterocycles. The predicted molar refractivity (Wildman–Crippen MR) is 62.0 cm³/mol. The first-order valence-corrected chi connectivity index (χ1v) is 5.22. The van der Waals surface area contributed by atoms with E-state index < -0.39 is 0 Å². The van der Waals surface area contributed by atoms with Gasteiger partial charge < -0.3 is 15.0 Å². The standard InChI is InChI=1S/C12H16N2O/c1-3-14-9(8-13-2)7-10-11(14)5-4-6-12(10)15/h4-7,13,15H,3,8H2,1-2H3. The normalized spacial score (nSPS) is 11.1. The van der Waals surface area contributed by atoms with Crippen molar-refractivity contribution in [3.63, 3.8) is 0 Å². The topological polar surface area (TPSA) is 37.2 Å². The van der Waals surface area contributed by atoms with Crippen LogP contribution in [0, 0.1) is 0 Å². The lowest BCUT2D eigenvalue weighted by molar-refractivity contribution is 0.481. The molecule has 1 aromatic heterocycles. The van der Waals surface area contributed by atoms with Crippen LogP contribution in [0.15, 0.2) is 24.3 Å². The van der Waals surface area contributed by atoms with Gasteiger partial charge in [0.05, 0.1) is 5.52 Å². The fourth-order valence-electron chi connectivity index (χ4n) is 2.02. The number of phenols is 1. The first-order valence-electron chi connectivity index (χ1n) is 5.22. The molecule has 0 unspecified atom stereocenters. The zero-order chi connectivity index (χ0) is 10.8. The number of nitrogens with zero attached hydrogens (tertiary/aromatic N) is 1. The quantitative estimate of drug-likeness (QED) is 0.803. The Hall–Kier alpha value is -1.48. The van der Waals surface area contributed by atoms with Crippen molar-refractivity contribution in [2.24, 2.45) is 0 Å². The number of aryl methyl sites for hydroxylation is 1. The molecule has 1 aromatic carbocycles. The summed E-state index contributed by atoms with van der Waals surface area (Å²) in [7, 11) is 1.93. The van der Waals surface area contributed by atoms with Crippen LogP contribution in [0.5, 0.6) is 5.75 Å². The van der Waals surface area contributed by atoms with E-state index in [4.69, 9.17) is 0 Å². The van der Waals surface area contributed by atoms with Crippen molar-refractivity contribution in [1.29, 1.82) is 0 Å². The number of hydrogen-bond acceptors (Lipinski definition) is 2. The fourth-order valence-corrected chi connectivity index (χ4v) is 2.02. The number of aromatic nitrogens is 1. The van der Waals surface area contributed by atoms with E-state index in [2.05, 4.69) is 16.8 Å². The van der Waals surface area contributed by atoms with Crippen LogP contribution >= 0.6 is 0 Å². The Bertz CT molecular complexity index is 474. The lowest BCUT2D eigenvalue weighted by atomic mass is 10.2. The van der Waals surface area contributed by atoms with Gasteiger partial charge in [-0.3, -0.25) is 0 Å². The lowest BCUT2D eigenvalue weighted by Gasteiger charge is -2.06. The average molecular weight is 204 g/mol. The summed E-state index contributed by atoms with van der Waals surface area (Å²) in [5.41, 5.74) is 2.30. The van der Waals surface area contributed by atoms with Crippen LogP contribution in [-0.2, 0) is 13.1 Å². The molecule has 80 valence electrons. The monoisotopic (exact) mass is 204 g/mol. The van der Waals surface area contributed by atoms with E-state index in [1.54, 1.807) is 6.07 Å². The van der Waals surface area contributed by atoms with Crippen molar-refractivity contribution in [3.8, 4) is 5.75 Å². The van der Waals surface area contributed by atoms with Crippen LogP contribution in [-0.4, -0.2) is 16.7 Å². The molecule has 3 nitrogen and oxygen atoms in total. The molecule has 1 heterocycles. The van der Waals surface area contributed by atoms with Crippen LogP contribution in [0.4, 0.5) is 0 Å². The summed E-state index contributed by atoms with van der Waals surface area (Å²) in [5, 5.41) is 13.8. The summed E-state index contributed by atoms with van der Waals surface area (Å²) in [4.78, 5) is 0. The zero-order valence-corrected chi connectivity index (χ0v) is 9.12. The number of benzene rings is 1. The van der Waals surface area contributed by atoms with E-state index in [-0.39, 0.29) is 0 Å². The van der Waals surface area contributed by atoms with Crippen molar-refractivity contribution >= 4 is 10.9 Å². The molecule has 0 fully saturated rings. The number of rotatable bonds is 3. The van der Waals surface area contributed by atoms with Gasteiger partial charge in [0.15, 0.2) is 0 Å². The minimum atomic E-state index is 0.358. The largest absolute Gasteiger partial charge is 0.507 e. The maximum Gasteiger partial charge on any atom is 0.124 e. The molecule has 2 rings (SSSR count). The Labute approximate surface area is 89.3 Å². The molecule has 0 aliphatic carbocycles. The second kappa shape index (κ2) is 3.95. The Morgan fingerprint density at radius 3 is 2.87 bits per heavy atom. The molecule has 0 atom stereocenters. The summed E-state index contributed by atoms with van der Waals surface area (Å²) in [6.07, 6.45) is 0. The molecule has 2 N–H and O–H groups in total. The van der Waals surface area contributed by atoms with Crippen LogP contribution in [0.3, 0.4) is 0 Å². The molecule has 0 bridgehead atoms. The Morgan fingerprint density at radius 2 is 2.20 bits per heavy atom. The fraction of sp³-hybridized carbons (Fsp3) is 0.333. The number of aromatic hydroxyl groups is 1. The highest BCUT2D eigenvalue weighted by molar-refractivity contribution is 5.87. The van der Waals surface area contributed by atoms with E-state index in [1.165, 1.54) is 5.69 Å². The van der Waals surface area contributed by atoms with Gasteiger partial charge in [0.1, 0.15) is 5.75 Å². The van der Waals surface area contributed by atoms with Gasteiger partial charge in [-0.25, -0.2) is 0 Å². The smallest absolute Gasteiger partial charge is 0.124 e. The number of phenolic OH excluding ortho intramolecular Hbond substituents is 1. The Balaban J connectivity index is 2.67.